The Balaban J connectivity index is 1.70. The van der Waals surface area contributed by atoms with Crippen LogP contribution in [0.3, 0.4) is 0 Å². The molecule has 22 heavy (non-hydrogen) atoms. The highest BCUT2D eigenvalue weighted by atomic mass is 16.5. The van der Waals surface area contributed by atoms with Gasteiger partial charge in [0.2, 0.25) is 0 Å². The molecule has 1 saturated heterocycles. The third kappa shape index (κ3) is 5.29. The Kier molecular flexibility index (Phi) is 5.87. The largest absolute Gasteiger partial charge is 0.494 e. The van der Waals surface area contributed by atoms with E-state index in [0.717, 1.165) is 42.7 Å². The van der Waals surface area contributed by atoms with Crippen LogP contribution in [0.25, 0.3) is 0 Å². The maximum atomic E-state index is 9.93. The average Bonchev–Trinajstić information content (AvgIpc) is 2.42. The second-order valence-electron chi connectivity index (χ2n) is 7.49. The third-order valence-corrected chi connectivity index (χ3v) is 4.39. The maximum Gasteiger partial charge on any atom is 0.119 e. The first kappa shape index (κ1) is 17.3. The normalized spacial score (nSPS) is 23.5. The van der Waals surface area contributed by atoms with Crippen LogP contribution in [0.5, 0.6) is 5.75 Å². The van der Waals surface area contributed by atoms with E-state index in [9.17, 15) is 5.11 Å². The Morgan fingerprint density at radius 2 is 1.73 bits per heavy atom. The van der Waals surface area contributed by atoms with Gasteiger partial charge >= 0.3 is 0 Å². The number of hydrogen-bond acceptors (Lipinski definition) is 3. The lowest BCUT2D eigenvalue weighted by Crippen LogP contribution is -2.39. The first-order valence-electron chi connectivity index (χ1n) is 8.52. The molecule has 1 aromatic rings. The predicted molar refractivity (Wildman–Crippen MR) is 91.2 cm³/mol. The number of benzene rings is 1. The van der Waals surface area contributed by atoms with Crippen molar-refractivity contribution in [2.45, 2.75) is 46.1 Å². The van der Waals surface area contributed by atoms with Gasteiger partial charge in [0.15, 0.2) is 0 Å². The Morgan fingerprint density at radius 1 is 1.14 bits per heavy atom. The van der Waals surface area contributed by atoms with Crippen molar-refractivity contribution in [2.24, 2.45) is 11.8 Å². The molecule has 1 fully saturated rings. The Hall–Kier alpha value is -1.06. The Morgan fingerprint density at radius 3 is 2.27 bits per heavy atom. The third-order valence-electron chi connectivity index (χ3n) is 4.39. The number of nitrogens with zero attached hydrogens (tertiary/aromatic N) is 1. The zero-order valence-electron chi connectivity index (χ0n) is 14.5. The van der Waals surface area contributed by atoms with Crippen LogP contribution in [0.4, 0.5) is 0 Å². The fourth-order valence-corrected chi connectivity index (χ4v) is 3.41. The summed E-state index contributed by atoms with van der Waals surface area (Å²) in [4.78, 5) is 2.57. The van der Waals surface area contributed by atoms with Gasteiger partial charge in [0.25, 0.3) is 0 Å². The molecule has 0 radical (unpaired) electrons. The molecule has 2 atom stereocenters. The molecular weight excluding hydrogens is 274 g/mol. The number of hydrogen-bond donors (Lipinski definition) is 1. The van der Waals surface area contributed by atoms with Gasteiger partial charge in [-0.2, -0.15) is 0 Å². The van der Waals surface area contributed by atoms with Gasteiger partial charge in [0.1, 0.15) is 5.75 Å². The van der Waals surface area contributed by atoms with Gasteiger partial charge in [-0.3, -0.25) is 0 Å². The lowest BCUT2D eigenvalue weighted by Gasteiger charge is -2.34. The van der Waals surface area contributed by atoms with E-state index in [2.05, 4.69) is 18.7 Å². The van der Waals surface area contributed by atoms with Crippen LogP contribution in [0.2, 0.25) is 0 Å². The summed E-state index contributed by atoms with van der Waals surface area (Å²) in [6.07, 6.45) is 2.42. The zero-order valence-corrected chi connectivity index (χ0v) is 14.5. The van der Waals surface area contributed by atoms with Crippen molar-refractivity contribution >= 4 is 0 Å². The number of likely N-dealkylation sites (tertiary alicyclic amines) is 1. The standard InChI is InChI=1S/C19H31NO2/c1-15-12-16(2)14-20(13-15)10-5-11-22-18-8-6-17(7-9-18)19(3,4)21/h6-9,15-16,21H,5,10-14H2,1-4H3/t15-,16?/m0/s1. The topological polar surface area (TPSA) is 32.7 Å². The van der Waals surface area contributed by atoms with Gasteiger partial charge in [-0.05, 0) is 56.2 Å². The molecule has 2 rings (SSSR count). The fraction of sp³-hybridized carbons (Fsp3) is 0.684. The van der Waals surface area contributed by atoms with Crippen molar-refractivity contribution in [1.82, 2.24) is 4.90 Å². The van der Waals surface area contributed by atoms with Crippen molar-refractivity contribution in [3.8, 4) is 5.75 Å². The van der Waals surface area contributed by atoms with Crippen molar-refractivity contribution in [1.29, 1.82) is 0 Å². The monoisotopic (exact) mass is 305 g/mol. The maximum absolute atomic E-state index is 9.93. The summed E-state index contributed by atoms with van der Waals surface area (Å²) in [5, 5.41) is 9.93. The number of piperidine rings is 1. The Labute approximate surface area is 135 Å². The van der Waals surface area contributed by atoms with Crippen LogP contribution < -0.4 is 4.74 Å². The Bertz CT molecular complexity index is 439. The SMILES string of the molecule is CC1C[C@H](C)CN(CCCOc2ccc(C(C)(C)O)cc2)C1. The minimum Gasteiger partial charge on any atom is -0.494 e. The van der Waals surface area contributed by atoms with Crippen LogP contribution in [0.15, 0.2) is 24.3 Å². The van der Waals surface area contributed by atoms with Crippen LogP contribution >= 0.6 is 0 Å². The first-order valence-corrected chi connectivity index (χ1v) is 8.52. The van der Waals surface area contributed by atoms with E-state index in [1.54, 1.807) is 13.8 Å². The van der Waals surface area contributed by atoms with Gasteiger partial charge in [0, 0.05) is 19.6 Å². The van der Waals surface area contributed by atoms with Crippen molar-refractivity contribution < 1.29 is 9.84 Å². The second-order valence-corrected chi connectivity index (χ2v) is 7.49. The summed E-state index contributed by atoms with van der Waals surface area (Å²) in [7, 11) is 0. The molecular formula is C19H31NO2. The molecule has 0 spiro atoms. The van der Waals surface area contributed by atoms with E-state index in [0.29, 0.717) is 0 Å². The minimum atomic E-state index is -0.791. The van der Waals surface area contributed by atoms with E-state index in [1.165, 1.54) is 19.5 Å². The molecule has 0 aromatic heterocycles. The van der Waals surface area contributed by atoms with Crippen molar-refractivity contribution in [2.75, 3.05) is 26.2 Å². The molecule has 1 aromatic carbocycles. The molecule has 0 amide bonds. The molecule has 0 saturated carbocycles. The molecule has 3 nitrogen and oxygen atoms in total. The predicted octanol–water partition coefficient (Wildman–Crippen LogP) is 3.66. The number of rotatable bonds is 6. The van der Waals surface area contributed by atoms with Crippen LogP contribution in [0.1, 0.15) is 46.1 Å². The summed E-state index contributed by atoms with van der Waals surface area (Å²) < 4.78 is 5.81. The minimum absolute atomic E-state index is 0.751. The molecule has 1 aliphatic heterocycles. The van der Waals surface area contributed by atoms with E-state index >= 15 is 0 Å². The summed E-state index contributed by atoms with van der Waals surface area (Å²) >= 11 is 0. The summed E-state index contributed by atoms with van der Waals surface area (Å²) in [5.74, 6) is 2.52. The lowest BCUT2D eigenvalue weighted by atomic mass is 9.92. The molecule has 1 N–H and O–H groups in total. The summed E-state index contributed by atoms with van der Waals surface area (Å²) in [5.41, 5.74) is 0.122. The zero-order chi connectivity index (χ0) is 16.2. The van der Waals surface area contributed by atoms with Crippen molar-refractivity contribution in [3.63, 3.8) is 0 Å². The number of ether oxygens (including phenoxy) is 1. The van der Waals surface area contributed by atoms with E-state index in [1.807, 2.05) is 24.3 Å². The van der Waals surface area contributed by atoms with Gasteiger partial charge in [-0.15, -0.1) is 0 Å². The van der Waals surface area contributed by atoms with E-state index in [-0.39, 0.29) is 0 Å². The highest BCUT2D eigenvalue weighted by Gasteiger charge is 2.21. The van der Waals surface area contributed by atoms with Crippen molar-refractivity contribution in [3.05, 3.63) is 29.8 Å². The highest BCUT2D eigenvalue weighted by molar-refractivity contribution is 5.30. The molecule has 1 aliphatic rings. The molecule has 3 heteroatoms. The second kappa shape index (κ2) is 7.47. The van der Waals surface area contributed by atoms with Crippen LogP contribution in [-0.2, 0) is 5.60 Å². The van der Waals surface area contributed by atoms with Gasteiger partial charge < -0.3 is 14.7 Å². The molecule has 1 unspecified atom stereocenters. The quantitative estimate of drug-likeness (QED) is 0.814. The van der Waals surface area contributed by atoms with E-state index in [4.69, 9.17) is 4.74 Å². The fourth-order valence-electron chi connectivity index (χ4n) is 3.41. The summed E-state index contributed by atoms with van der Waals surface area (Å²) in [6, 6.07) is 7.75. The van der Waals surface area contributed by atoms with Crippen LogP contribution in [0, 0.1) is 11.8 Å². The molecule has 124 valence electrons. The van der Waals surface area contributed by atoms with Gasteiger partial charge in [-0.25, -0.2) is 0 Å². The summed E-state index contributed by atoms with van der Waals surface area (Å²) in [6.45, 7) is 12.6. The molecule has 0 aliphatic carbocycles. The van der Waals surface area contributed by atoms with E-state index < -0.39 is 5.60 Å². The molecule has 1 heterocycles. The first-order chi connectivity index (χ1) is 10.3. The van der Waals surface area contributed by atoms with Gasteiger partial charge in [0.05, 0.1) is 12.2 Å². The smallest absolute Gasteiger partial charge is 0.119 e. The number of aliphatic hydroxyl groups is 1. The lowest BCUT2D eigenvalue weighted by molar-refractivity contribution is 0.0785. The molecule has 0 bridgehead atoms. The van der Waals surface area contributed by atoms with Gasteiger partial charge in [-0.1, -0.05) is 26.0 Å². The highest BCUT2D eigenvalue weighted by Crippen LogP contribution is 2.23. The van der Waals surface area contributed by atoms with Crippen LogP contribution in [-0.4, -0.2) is 36.2 Å². The average molecular weight is 305 g/mol.